The summed E-state index contributed by atoms with van der Waals surface area (Å²) in [6.07, 6.45) is -0.190. The number of carbonyl (C=O) groups excluding carboxylic acids is 1. The van der Waals surface area contributed by atoms with Gasteiger partial charge in [0.15, 0.2) is 10.8 Å². The van der Waals surface area contributed by atoms with Crippen LogP contribution in [0.4, 0.5) is 5.13 Å². The van der Waals surface area contributed by atoms with Crippen molar-refractivity contribution in [1.29, 1.82) is 0 Å². The van der Waals surface area contributed by atoms with E-state index in [1.807, 2.05) is 11.8 Å². The summed E-state index contributed by atoms with van der Waals surface area (Å²) < 4.78 is 10.1. The third kappa shape index (κ3) is 2.63. The van der Waals surface area contributed by atoms with Gasteiger partial charge in [0.25, 0.3) is 0 Å². The van der Waals surface area contributed by atoms with Crippen molar-refractivity contribution in [3.8, 4) is 0 Å². The Morgan fingerprint density at radius 1 is 1.72 bits per heavy atom. The number of aliphatic hydroxyl groups excluding tert-OH is 1. The first-order valence-electron chi connectivity index (χ1n) is 5.69. The number of rotatable bonds is 3. The molecule has 7 heteroatoms. The van der Waals surface area contributed by atoms with E-state index in [1.54, 1.807) is 0 Å². The van der Waals surface area contributed by atoms with Gasteiger partial charge in [-0.1, -0.05) is 0 Å². The zero-order chi connectivity index (χ0) is 13.1. The number of hydrogen-bond acceptors (Lipinski definition) is 7. The molecule has 6 nitrogen and oxygen atoms in total. The fraction of sp³-hybridized carbons (Fsp3) is 0.636. The first-order valence-corrected chi connectivity index (χ1v) is 6.50. The van der Waals surface area contributed by atoms with E-state index >= 15 is 0 Å². The van der Waals surface area contributed by atoms with Crippen molar-refractivity contribution in [2.45, 2.75) is 13.0 Å². The summed E-state index contributed by atoms with van der Waals surface area (Å²) in [6, 6.07) is 0. The molecule has 2 heterocycles. The predicted molar refractivity (Wildman–Crippen MR) is 67.2 cm³/mol. The van der Waals surface area contributed by atoms with Gasteiger partial charge in [-0.25, -0.2) is 9.78 Å². The maximum Gasteiger partial charge on any atom is 0.357 e. The van der Waals surface area contributed by atoms with E-state index < -0.39 is 5.97 Å². The Morgan fingerprint density at radius 2 is 2.50 bits per heavy atom. The number of hydrogen-bond donors (Lipinski definition) is 1. The second-order valence-electron chi connectivity index (χ2n) is 4.01. The van der Waals surface area contributed by atoms with Crippen molar-refractivity contribution in [3.63, 3.8) is 0 Å². The van der Waals surface area contributed by atoms with E-state index in [1.165, 1.54) is 18.4 Å². The maximum absolute atomic E-state index is 11.5. The fourth-order valence-corrected chi connectivity index (χ4v) is 2.74. The van der Waals surface area contributed by atoms with Crippen LogP contribution < -0.4 is 4.90 Å². The highest BCUT2D eigenvalue weighted by Gasteiger charge is 2.24. The molecule has 0 spiro atoms. The molecule has 0 bridgehead atoms. The van der Waals surface area contributed by atoms with Crippen molar-refractivity contribution in [3.05, 3.63) is 10.6 Å². The number of morpholine rings is 1. The molecule has 1 aliphatic rings. The molecular formula is C11H16N2O4S. The van der Waals surface area contributed by atoms with Crippen LogP contribution in [0.15, 0.2) is 0 Å². The van der Waals surface area contributed by atoms with Crippen molar-refractivity contribution in [2.75, 3.05) is 38.3 Å². The minimum Gasteiger partial charge on any atom is -0.464 e. The number of esters is 1. The Morgan fingerprint density at radius 3 is 3.17 bits per heavy atom. The Kier molecular flexibility index (Phi) is 4.15. The molecule has 0 amide bonds. The molecule has 0 radical (unpaired) electrons. The molecule has 0 aromatic carbocycles. The lowest BCUT2D eigenvalue weighted by Gasteiger charge is -2.31. The number of aliphatic hydroxyl groups is 1. The topological polar surface area (TPSA) is 71.9 Å². The van der Waals surface area contributed by atoms with Crippen LogP contribution in [0, 0.1) is 6.92 Å². The summed E-state index contributed by atoms with van der Waals surface area (Å²) in [5.74, 6) is -0.415. The molecule has 1 unspecified atom stereocenters. The number of aryl methyl sites for hydroxylation is 1. The van der Waals surface area contributed by atoms with Gasteiger partial charge in [-0.2, -0.15) is 0 Å². The molecule has 1 fully saturated rings. The largest absolute Gasteiger partial charge is 0.464 e. The number of carbonyl (C=O) groups is 1. The fourth-order valence-electron chi connectivity index (χ4n) is 1.81. The molecule has 1 atom stereocenters. The van der Waals surface area contributed by atoms with Gasteiger partial charge in [-0.05, 0) is 6.92 Å². The van der Waals surface area contributed by atoms with Crippen LogP contribution in [0.25, 0.3) is 0 Å². The van der Waals surface area contributed by atoms with E-state index in [9.17, 15) is 4.79 Å². The average Bonchev–Trinajstić information content (AvgIpc) is 2.80. The zero-order valence-electron chi connectivity index (χ0n) is 10.4. The summed E-state index contributed by atoms with van der Waals surface area (Å²) in [6.45, 7) is 3.69. The van der Waals surface area contributed by atoms with E-state index in [0.717, 1.165) is 10.0 Å². The van der Waals surface area contributed by atoms with E-state index in [2.05, 4.69) is 9.72 Å². The number of aromatic nitrogens is 1. The Hall–Kier alpha value is -1.18. The quantitative estimate of drug-likeness (QED) is 0.805. The molecule has 1 aromatic rings. The van der Waals surface area contributed by atoms with Crippen molar-refractivity contribution in [1.82, 2.24) is 4.98 Å². The minimum absolute atomic E-state index is 0.00921. The highest BCUT2D eigenvalue weighted by atomic mass is 32.1. The molecular weight excluding hydrogens is 256 g/mol. The van der Waals surface area contributed by atoms with Gasteiger partial charge in [0.1, 0.15) is 0 Å². The Bertz CT molecular complexity index is 435. The maximum atomic E-state index is 11.5. The molecule has 1 saturated heterocycles. The normalized spacial score (nSPS) is 19.9. The van der Waals surface area contributed by atoms with E-state index in [-0.39, 0.29) is 12.7 Å². The summed E-state index contributed by atoms with van der Waals surface area (Å²) in [4.78, 5) is 18.7. The van der Waals surface area contributed by atoms with Crippen LogP contribution in [-0.2, 0) is 9.47 Å². The number of ether oxygens (including phenoxy) is 2. The minimum atomic E-state index is -0.415. The summed E-state index contributed by atoms with van der Waals surface area (Å²) >= 11 is 1.45. The monoisotopic (exact) mass is 272 g/mol. The summed E-state index contributed by atoms with van der Waals surface area (Å²) in [5.41, 5.74) is 0.365. The number of methoxy groups -OCH3 is 1. The third-order valence-electron chi connectivity index (χ3n) is 2.78. The summed E-state index contributed by atoms with van der Waals surface area (Å²) in [5, 5.41) is 9.87. The molecule has 1 N–H and O–H groups in total. The number of nitrogens with zero attached hydrogens (tertiary/aromatic N) is 2. The average molecular weight is 272 g/mol. The van der Waals surface area contributed by atoms with Gasteiger partial charge in [0.2, 0.25) is 0 Å². The second kappa shape index (κ2) is 5.64. The highest BCUT2D eigenvalue weighted by Crippen LogP contribution is 2.27. The molecule has 0 aliphatic carbocycles. The first-order chi connectivity index (χ1) is 8.65. The highest BCUT2D eigenvalue weighted by molar-refractivity contribution is 7.15. The van der Waals surface area contributed by atoms with Gasteiger partial charge >= 0.3 is 5.97 Å². The Balaban J connectivity index is 2.16. The molecule has 100 valence electrons. The lowest BCUT2D eigenvalue weighted by Crippen LogP contribution is -2.44. The molecule has 18 heavy (non-hydrogen) atoms. The standard InChI is InChI=1S/C11H16N2O4S/c1-7-9(10(15)16-2)12-11(18-7)13-3-4-17-8(5-13)6-14/h8,14H,3-6H2,1-2H3. The van der Waals surface area contributed by atoms with Crippen LogP contribution in [-0.4, -0.2) is 55.6 Å². The van der Waals surface area contributed by atoms with Crippen LogP contribution >= 0.6 is 11.3 Å². The number of anilines is 1. The first kappa shape index (κ1) is 13.3. The van der Waals surface area contributed by atoms with Gasteiger partial charge in [-0.3, -0.25) is 0 Å². The van der Waals surface area contributed by atoms with Crippen LogP contribution in [0.5, 0.6) is 0 Å². The zero-order valence-corrected chi connectivity index (χ0v) is 11.2. The Labute approximate surface area is 109 Å². The number of thiazole rings is 1. The molecule has 1 aliphatic heterocycles. The molecule has 0 saturated carbocycles. The van der Waals surface area contributed by atoms with Crippen LogP contribution in [0.3, 0.4) is 0 Å². The smallest absolute Gasteiger partial charge is 0.357 e. The van der Waals surface area contributed by atoms with Crippen LogP contribution in [0.2, 0.25) is 0 Å². The predicted octanol–water partition coefficient (Wildman–Crippen LogP) is 0.436. The van der Waals surface area contributed by atoms with Gasteiger partial charge in [0, 0.05) is 18.0 Å². The van der Waals surface area contributed by atoms with Gasteiger partial charge in [0.05, 0.1) is 26.4 Å². The SMILES string of the molecule is COC(=O)c1nc(N2CCOC(CO)C2)sc1C. The van der Waals surface area contributed by atoms with E-state index in [4.69, 9.17) is 9.84 Å². The lowest BCUT2D eigenvalue weighted by molar-refractivity contribution is 0.00355. The lowest BCUT2D eigenvalue weighted by atomic mass is 10.3. The van der Waals surface area contributed by atoms with Crippen LogP contribution in [0.1, 0.15) is 15.4 Å². The van der Waals surface area contributed by atoms with Gasteiger partial charge in [-0.15, -0.1) is 11.3 Å². The van der Waals surface area contributed by atoms with Crippen molar-refractivity contribution in [2.24, 2.45) is 0 Å². The molecule has 1 aromatic heterocycles. The summed E-state index contributed by atoms with van der Waals surface area (Å²) in [7, 11) is 1.34. The van der Waals surface area contributed by atoms with E-state index in [0.29, 0.717) is 25.4 Å². The third-order valence-corrected chi connectivity index (χ3v) is 3.81. The van der Waals surface area contributed by atoms with Crippen molar-refractivity contribution >= 4 is 22.4 Å². The van der Waals surface area contributed by atoms with Gasteiger partial charge < -0.3 is 19.5 Å². The second-order valence-corrected chi connectivity index (χ2v) is 5.20. The van der Waals surface area contributed by atoms with Crippen molar-refractivity contribution < 1.29 is 19.4 Å². The molecule has 2 rings (SSSR count).